The molecule has 1 aromatic rings. The monoisotopic (exact) mass is 380 g/mol. The molecule has 0 aliphatic heterocycles. The van der Waals surface area contributed by atoms with Crippen LogP contribution < -0.4 is 10.0 Å². The van der Waals surface area contributed by atoms with Gasteiger partial charge in [-0.15, -0.1) is 0 Å². The number of rotatable bonds is 10. The van der Waals surface area contributed by atoms with Crippen LogP contribution in [0.5, 0.6) is 0 Å². The molecule has 1 aromatic carbocycles. The Kier molecular flexibility index (Phi) is 7.66. The van der Waals surface area contributed by atoms with Crippen molar-refractivity contribution >= 4 is 21.7 Å². The molecule has 0 unspecified atom stereocenters. The molecule has 0 atom stereocenters. The summed E-state index contributed by atoms with van der Waals surface area (Å²) in [6, 6.07) is 4.18. The summed E-state index contributed by atoms with van der Waals surface area (Å²) in [5, 5.41) is 12.4. The van der Waals surface area contributed by atoms with E-state index in [1.165, 1.54) is 36.6 Å². The molecule has 7 heteroatoms. The minimum absolute atomic E-state index is 0.00822. The van der Waals surface area contributed by atoms with E-state index >= 15 is 0 Å². The van der Waals surface area contributed by atoms with E-state index < -0.39 is 16.0 Å². The van der Waals surface area contributed by atoms with Gasteiger partial charge in [0.1, 0.15) is 4.90 Å². The second-order valence-corrected chi connectivity index (χ2v) is 8.29. The van der Waals surface area contributed by atoms with Gasteiger partial charge in [-0.2, -0.15) is 0 Å². The second kappa shape index (κ2) is 9.73. The highest BCUT2D eigenvalue weighted by Gasteiger charge is 2.20. The highest BCUT2D eigenvalue weighted by molar-refractivity contribution is 7.89. The molecule has 26 heavy (non-hydrogen) atoms. The maximum atomic E-state index is 12.6. The van der Waals surface area contributed by atoms with Crippen LogP contribution in [0.2, 0.25) is 0 Å². The van der Waals surface area contributed by atoms with Crippen LogP contribution in [0.25, 0.3) is 0 Å². The lowest BCUT2D eigenvalue weighted by Gasteiger charge is -2.16. The van der Waals surface area contributed by atoms with Crippen molar-refractivity contribution in [2.75, 3.05) is 18.4 Å². The molecule has 0 saturated heterocycles. The molecule has 0 spiro atoms. The van der Waals surface area contributed by atoms with Crippen molar-refractivity contribution in [3.05, 3.63) is 35.4 Å². The smallest absolute Gasteiger partial charge is 0.335 e. The number of nitrogens with one attached hydrogen (secondary N) is 2. The van der Waals surface area contributed by atoms with Crippen LogP contribution in [0.1, 0.15) is 62.2 Å². The average molecular weight is 381 g/mol. The molecule has 0 fully saturated rings. The van der Waals surface area contributed by atoms with Crippen molar-refractivity contribution in [3.63, 3.8) is 0 Å². The molecule has 0 bridgehead atoms. The molecule has 0 radical (unpaired) electrons. The molecular formula is C19H28N2O4S. The number of hydrogen-bond donors (Lipinski definition) is 3. The van der Waals surface area contributed by atoms with E-state index in [2.05, 4.69) is 16.1 Å². The Morgan fingerprint density at radius 3 is 2.69 bits per heavy atom. The summed E-state index contributed by atoms with van der Waals surface area (Å²) in [6.07, 6.45) is 9.39. The molecule has 0 saturated carbocycles. The van der Waals surface area contributed by atoms with Gasteiger partial charge in [-0.1, -0.05) is 25.0 Å². The van der Waals surface area contributed by atoms with Crippen LogP contribution in [0.3, 0.4) is 0 Å². The topological polar surface area (TPSA) is 95.5 Å². The first-order valence-corrected chi connectivity index (χ1v) is 10.7. The standard InChI is InChI=1S/C19H28N2O4S/c1-2-3-12-21-26(24,25)18-14-16(19(22)23)9-10-17(18)20-13-11-15-7-5-4-6-8-15/h7,9-10,14,20-21H,2-6,8,11-13H2,1H3,(H,22,23). The van der Waals surface area contributed by atoms with Crippen LogP contribution in [0.15, 0.2) is 34.7 Å². The van der Waals surface area contributed by atoms with E-state index in [-0.39, 0.29) is 10.5 Å². The van der Waals surface area contributed by atoms with E-state index in [4.69, 9.17) is 0 Å². The third-order valence-corrected chi connectivity index (χ3v) is 5.99. The van der Waals surface area contributed by atoms with Crippen LogP contribution >= 0.6 is 0 Å². The number of anilines is 1. The molecule has 144 valence electrons. The zero-order chi connectivity index (χ0) is 19.0. The van der Waals surface area contributed by atoms with Crippen molar-refractivity contribution in [1.82, 2.24) is 4.72 Å². The first kappa shape index (κ1) is 20.5. The van der Waals surface area contributed by atoms with Crippen LogP contribution in [0.4, 0.5) is 5.69 Å². The number of carboxylic acids is 1. The quantitative estimate of drug-likeness (QED) is 0.424. The van der Waals surface area contributed by atoms with Crippen LogP contribution in [0, 0.1) is 0 Å². The van der Waals surface area contributed by atoms with Gasteiger partial charge in [0.05, 0.1) is 11.3 Å². The second-order valence-electron chi connectivity index (χ2n) is 6.55. The lowest BCUT2D eigenvalue weighted by Crippen LogP contribution is -2.26. The Balaban J connectivity index is 2.15. The fourth-order valence-corrected chi connectivity index (χ4v) is 4.25. The van der Waals surface area contributed by atoms with Crippen molar-refractivity contribution in [1.29, 1.82) is 0 Å². The number of allylic oxidation sites excluding steroid dienone is 1. The van der Waals surface area contributed by atoms with Crippen molar-refractivity contribution < 1.29 is 18.3 Å². The number of hydrogen-bond acceptors (Lipinski definition) is 4. The van der Waals surface area contributed by atoms with E-state index in [1.54, 1.807) is 0 Å². The number of benzene rings is 1. The first-order chi connectivity index (χ1) is 12.4. The van der Waals surface area contributed by atoms with E-state index in [1.807, 2.05) is 6.92 Å². The Labute approximate surface area is 155 Å². The van der Waals surface area contributed by atoms with Gasteiger partial charge in [0.2, 0.25) is 10.0 Å². The summed E-state index contributed by atoms with van der Waals surface area (Å²) >= 11 is 0. The summed E-state index contributed by atoms with van der Waals surface area (Å²) in [7, 11) is -3.76. The number of carboxylic acid groups (broad SMARTS) is 1. The molecule has 0 aromatic heterocycles. The third-order valence-electron chi connectivity index (χ3n) is 4.49. The van der Waals surface area contributed by atoms with Gasteiger partial charge in [-0.05, 0) is 56.7 Å². The number of aromatic carboxylic acids is 1. The van der Waals surface area contributed by atoms with Crippen LogP contribution in [-0.2, 0) is 10.0 Å². The number of sulfonamides is 1. The number of carbonyl (C=O) groups is 1. The van der Waals surface area contributed by atoms with Crippen molar-refractivity contribution in [2.24, 2.45) is 0 Å². The molecule has 2 rings (SSSR count). The number of unbranched alkanes of at least 4 members (excludes halogenated alkanes) is 1. The largest absolute Gasteiger partial charge is 0.478 e. The molecule has 0 heterocycles. The minimum Gasteiger partial charge on any atom is -0.478 e. The van der Waals surface area contributed by atoms with E-state index in [0.717, 1.165) is 32.1 Å². The fourth-order valence-electron chi connectivity index (χ4n) is 2.97. The lowest BCUT2D eigenvalue weighted by atomic mass is 9.97. The summed E-state index contributed by atoms with van der Waals surface area (Å²) in [5.74, 6) is -1.14. The van der Waals surface area contributed by atoms with Gasteiger partial charge < -0.3 is 10.4 Å². The third kappa shape index (κ3) is 5.85. The highest BCUT2D eigenvalue weighted by atomic mass is 32.2. The first-order valence-electron chi connectivity index (χ1n) is 9.23. The fraction of sp³-hybridized carbons (Fsp3) is 0.526. The van der Waals surface area contributed by atoms with Gasteiger partial charge in [0.15, 0.2) is 0 Å². The van der Waals surface area contributed by atoms with Gasteiger partial charge in [0, 0.05) is 13.1 Å². The van der Waals surface area contributed by atoms with Crippen molar-refractivity contribution in [3.8, 4) is 0 Å². The predicted octanol–water partition coefficient (Wildman–Crippen LogP) is 3.77. The normalized spacial score (nSPS) is 14.7. The van der Waals surface area contributed by atoms with Gasteiger partial charge >= 0.3 is 5.97 Å². The average Bonchev–Trinajstić information content (AvgIpc) is 2.62. The maximum absolute atomic E-state index is 12.6. The zero-order valence-corrected chi connectivity index (χ0v) is 16.1. The molecular weight excluding hydrogens is 352 g/mol. The van der Waals surface area contributed by atoms with Gasteiger partial charge in [0.25, 0.3) is 0 Å². The lowest BCUT2D eigenvalue weighted by molar-refractivity contribution is 0.0696. The van der Waals surface area contributed by atoms with Crippen molar-refractivity contribution in [2.45, 2.75) is 56.8 Å². The summed E-state index contributed by atoms with van der Waals surface area (Å²) in [6.45, 7) is 2.93. The molecule has 6 nitrogen and oxygen atoms in total. The molecule has 1 aliphatic rings. The van der Waals surface area contributed by atoms with Gasteiger partial charge in [-0.3, -0.25) is 0 Å². The van der Waals surface area contributed by atoms with Crippen LogP contribution in [-0.4, -0.2) is 32.6 Å². The van der Waals surface area contributed by atoms with E-state index in [9.17, 15) is 18.3 Å². The highest BCUT2D eigenvalue weighted by Crippen LogP contribution is 2.24. The Morgan fingerprint density at radius 2 is 2.04 bits per heavy atom. The zero-order valence-electron chi connectivity index (χ0n) is 15.3. The summed E-state index contributed by atoms with van der Waals surface area (Å²) in [4.78, 5) is 11.2. The summed E-state index contributed by atoms with van der Waals surface area (Å²) in [5.41, 5.74) is 1.80. The molecule has 1 aliphatic carbocycles. The Bertz CT molecular complexity index is 757. The van der Waals surface area contributed by atoms with Gasteiger partial charge in [-0.25, -0.2) is 17.9 Å². The Morgan fingerprint density at radius 1 is 1.23 bits per heavy atom. The molecule has 3 N–H and O–H groups in total. The Hall–Kier alpha value is -1.86. The van der Waals surface area contributed by atoms with E-state index in [0.29, 0.717) is 18.8 Å². The summed E-state index contributed by atoms with van der Waals surface area (Å²) < 4.78 is 27.8. The molecule has 0 amide bonds. The SMILES string of the molecule is CCCCNS(=O)(=O)c1cc(C(=O)O)ccc1NCCC1=CCCCC1. The minimum atomic E-state index is -3.76. The maximum Gasteiger partial charge on any atom is 0.335 e. The predicted molar refractivity (Wildman–Crippen MR) is 103 cm³/mol.